The lowest BCUT2D eigenvalue weighted by atomic mass is 9.99. The van der Waals surface area contributed by atoms with Crippen molar-refractivity contribution in [3.8, 4) is 0 Å². The number of carbonyl (C=O) groups excluding carboxylic acids is 2. The molecule has 7 nitrogen and oxygen atoms in total. The summed E-state index contributed by atoms with van der Waals surface area (Å²) in [6.45, 7) is 5.13. The molecular formula is C24H27FN4O3. The van der Waals surface area contributed by atoms with E-state index in [4.69, 9.17) is 4.74 Å². The van der Waals surface area contributed by atoms with Crippen molar-refractivity contribution < 1.29 is 18.7 Å². The molecule has 2 amide bonds. The van der Waals surface area contributed by atoms with Crippen LogP contribution in [0.3, 0.4) is 0 Å². The number of rotatable bonds is 5. The van der Waals surface area contributed by atoms with Crippen LogP contribution in [0.1, 0.15) is 29.9 Å². The van der Waals surface area contributed by atoms with E-state index >= 15 is 0 Å². The first-order valence-corrected chi connectivity index (χ1v) is 10.7. The number of ether oxygens (including phenoxy) is 1. The molecule has 0 radical (unpaired) electrons. The summed E-state index contributed by atoms with van der Waals surface area (Å²) < 4.78 is 21.8. The number of hydrogen-bond acceptors (Lipinski definition) is 4. The van der Waals surface area contributed by atoms with Crippen molar-refractivity contribution in [3.05, 3.63) is 72.1 Å². The van der Waals surface area contributed by atoms with Crippen molar-refractivity contribution >= 4 is 17.3 Å². The number of fused-ring (bicyclic) bond motifs is 1. The monoisotopic (exact) mass is 438 g/mol. The molecule has 0 spiro atoms. The summed E-state index contributed by atoms with van der Waals surface area (Å²) in [4.78, 5) is 32.2. The molecule has 0 aliphatic carbocycles. The summed E-state index contributed by atoms with van der Waals surface area (Å²) in [5.74, 6) is -1.41. The number of halogens is 1. The molecule has 0 saturated carbocycles. The van der Waals surface area contributed by atoms with Gasteiger partial charge in [0.2, 0.25) is 5.91 Å². The molecule has 3 aromatic rings. The maximum absolute atomic E-state index is 14.0. The van der Waals surface area contributed by atoms with Gasteiger partial charge in [-0.05, 0) is 44.5 Å². The Hall–Kier alpha value is -3.26. The summed E-state index contributed by atoms with van der Waals surface area (Å²) in [5, 5.41) is 2.69. The highest BCUT2D eigenvalue weighted by Gasteiger charge is 2.36. The topological polar surface area (TPSA) is 75.9 Å². The van der Waals surface area contributed by atoms with E-state index in [2.05, 4.69) is 10.3 Å². The van der Waals surface area contributed by atoms with Gasteiger partial charge in [0, 0.05) is 37.6 Å². The predicted molar refractivity (Wildman–Crippen MR) is 118 cm³/mol. The molecule has 1 aliphatic heterocycles. The molecule has 4 rings (SSSR count). The van der Waals surface area contributed by atoms with E-state index < -0.39 is 17.3 Å². The van der Waals surface area contributed by atoms with Gasteiger partial charge in [-0.25, -0.2) is 4.39 Å². The van der Waals surface area contributed by atoms with Crippen LogP contribution in [0.2, 0.25) is 0 Å². The number of hydrogen-bond donors (Lipinski definition) is 1. The van der Waals surface area contributed by atoms with Crippen LogP contribution < -0.4 is 5.32 Å². The van der Waals surface area contributed by atoms with E-state index in [0.29, 0.717) is 32.7 Å². The Morgan fingerprint density at radius 3 is 2.84 bits per heavy atom. The zero-order chi connectivity index (χ0) is 22.7. The van der Waals surface area contributed by atoms with E-state index in [1.807, 2.05) is 28.9 Å². The molecule has 8 heteroatoms. The van der Waals surface area contributed by atoms with Crippen LogP contribution >= 0.6 is 0 Å². The molecule has 1 fully saturated rings. The third-order valence-electron chi connectivity index (χ3n) is 5.72. The van der Waals surface area contributed by atoms with E-state index in [1.165, 1.54) is 18.2 Å². The van der Waals surface area contributed by atoms with E-state index in [0.717, 1.165) is 11.2 Å². The summed E-state index contributed by atoms with van der Waals surface area (Å²) in [6, 6.07) is 9.72. The van der Waals surface area contributed by atoms with Crippen molar-refractivity contribution in [2.75, 3.05) is 26.3 Å². The molecule has 168 valence electrons. The average molecular weight is 439 g/mol. The van der Waals surface area contributed by atoms with Gasteiger partial charge in [0.15, 0.2) is 0 Å². The Labute approximate surface area is 186 Å². The molecule has 1 saturated heterocycles. The predicted octanol–water partition coefficient (Wildman–Crippen LogP) is 2.70. The molecule has 1 N–H and O–H groups in total. The zero-order valence-electron chi connectivity index (χ0n) is 18.3. The van der Waals surface area contributed by atoms with Crippen LogP contribution in [0, 0.1) is 11.7 Å². The molecule has 0 bridgehead atoms. The summed E-state index contributed by atoms with van der Waals surface area (Å²) >= 11 is 0. The van der Waals surface area contributed by atoms with Crippen LogP contribution in [-0.4, -0.2) is 57.9 Å². The third-order valence-corrected chi connectivity index (χ3v) is 5.72. The lowest BCUT2D eigenvalue weighted by Crippen LogP contribution is -2.57. The number of benzene rings is 1. The van der Waals surface area contributed by atoms with Gasteiger partial charge in [-0.1, -0.05) is 12.1 Å². The van der Waals surface area contributed by atoms with Gasteiger partial charge in [-0.15, -0.1) is 0 Å². The number of nitrogens with one attached hydrogen (secondary N) is 1. The molecule has 3 heterocycles. The zero-order valence-corrected chi connectivity index (χ0v) is 18.3. The van der Waals surface area contributed by atoms with Gasteiger partial charge in [0.25, 0.3) is 5.91 Å². The first kappa shape index (κ1) is 22.0. The Morgan fingerprint density at radius 1 is 1.22 bits per heavy atom. The Kier molecular flexibility index (Phi) is 6.23. The highest BCUT2D eigenvalue weighted by Crippen LogP contribution is 2.19. The number of nitrogens with zero attached hydrogens (tertiary/aromatic N) is 3. The summed E-state index contributed by atoms with van der Waals surface area (Å²) in [6.07, 6.45) is 6.31. The highest BCUT2D eigenvalue weighted by molar-refractivity contribution is 5.99. The fourth-order valence-corrected chi connectivity index (χ4v) is 4.09. The fraction of sp³-hybridized carbons (Fsp3) is 0.375. The van der Waals surface area contributed by atoms with Crippen LogP contribution in [-0.2, 0) is 16.0 Å². The summed E-state index contributed by atoms with van der Waals surface area (Å²) in [7, 11) is 0. The maximum Gasteiger partial charge on any atom is 0.255 e. The normalized spacial score (nSPS) is 17.2. The van der Waals surface area contributed by atoms with Gasteiger partial charge in [0.05, 0.1) is 30.0 Å². The van der Waals surface area contributed by atoms with Crippen LogP contribution in [0.4, 0.5) is 4.39 Å². The Morgan fingerprint density at radius 2 is 2.03 bits per heavy atom. The number of carbonyl (C=O) groups is 2. The standard InChI is InChI=1S/C24H27FN4O3/c1-24(2,27-22(30)18-6-3-4-7-19(18)25)23(31)29-12-13-32-16-17(15-29)14-20-21-8-5-10-28(21)11-9-26-20/h3-11,17H,12-16H2,1-2H3,(H,27,30)/t17-/m0/s1. The van der Waals surface area contributed by atoms with Crippen molar-refractivity contribution in [2.24, 2.45) is 5.92 Å². The second kappa shape index (κ2) is 9.08. The van der Waals surface area contributed by atoms with Crippen molar-refractivity contribution in [1.29, 1.82) is 0 Å². The quantitative estimate of drug-likeness (QED) is 0.665. The molecule has 1 aromatic carbocycles. The van der Waals surface area contributed by atoms with E-state index in [1.54, 1.807) is 31.0 Å². The first-order chi connectivity index (χ1) is 15.3. The van der Waals surface area contributed by atoms with Crippen molar-refractivity contribution in [3.63, 3.8) is 0 Å². The molecule has 1 atom stereocenters. The van der Waals surface area contributed by atoms with Crippen molar-refractivity contribution in [1.82, 2.24) is 19.6 Å². The van der Waals surface area contributed by atoms with Crippen LogP contribution in [0.15, 0.2) is 55.0 Å². The largest absolute Gasteiger partial charge is 0.379 e. The lowest BCUT2D eigenvalue weighted by molar-refractivity contribution is -0.137. The first-order valence-electron chi connectivity index (χ1n) is 10.7. The molecular weight excluding hydrogens is 411 g/mol. The van der Waals surface area contributed by atoms with Crippen molar-refractivity contribution in [2.45, 2.75) is 25.8 Å². The highest BCUT2D eigenvalue weighted by atomic mass is 19.1. The van der Waals surface area contributed by atoms with Crippen LogP contribution in [0.25, 0.3) is 5.52 Å². The number of aromatic nitrogens is 2. The molecule has 2 aromatic heterocycles. The van der Waals surface area contributed by atoms with Gasteiger partial charge in [-0.2, -0.15) is 0 Å². The van der Waals surface area contributed by atoms with Gasteiger partial charge < -0.3 is 19.4 Å². The van der Waals surface area contributed by atoms with Gasteiger partial charge in [0.1, 0.15) is 11.4 Å². The van der Waals surface area contributed by atoms with Crippen LogP contribution in [0.5, 0.6) is 0 Å². The molecule has 1 aliphatic rings. The smallest absolute Gasteiger partial charge is 0.255 e. The third kappa shape index (κ3) is 4.65. The minimum Gasteiger partial charge on any atom is -0.379 e. The molecule has 32 heavy (non-hydrogen) atoms. The Balaban J connectivity index is 1.46. The minimum absolute atomic E-state index is 0.0631. The number of amides is 2. The summed E-state index contributed by atoms with van der Waals surface area (Å²) in [5.41, 5.74) is 0.699. The minimum atomic E-state index is -1.20. The average Bonchev–Trinajstić information content (AvgIpc) is 3.13. The second-order valence-corrected chi connectivity index (χ2v) is 8.63. The second-order valence-electron chi connectivity index (χ2n) is 8.63. The maximum atomic E-state index is 14.0. The lowest BCUT2D eigenvalue weighted by Gasteiger charge is -2.33. The van der Waals surface area contributed by atoms with E-state index in [9.17, 15) is 14.0 Å². The Bertz CT molecular complexity index is 1130. The van der Waals surface area contributed by atoms with Gasteiger partial charge in [-0.3, -0.25) is 14.6 Å². The van der Waals surface area contributed by atoms with Gasteiger partial charge >= 0.3 is 0 Å². The molecule has 0 unspecified atom stereocenters. The fourth-order valence-electron chi connectivity index (χ4n) is 4.09. The van der Waals surface area contributed by atoms with E-state index in [-0.39, 0.29) is 17.4 Å². The SMILES string of the molecule is CC(C)(NC(=O)c1ccccc1F)C(=O)N1CCOC[C@@H](Cc2nccn3cccc23)C1.